The molecular formula is C12H21BrN2O. The zero-order valence-corrected chi connectivity index (χ0v) is 11.6. The molecule has 0 saturated carbocycles. The van der Waals surface area contributed by atoms with E-state index in [1.54, 1.807) is 0 Å². The average Bonchev–Trinajstić information content (AvgIpc) is 2.28. The molecule has 0 aliphatic carbocycles. The minimum Gasteiger partial charge on any atom is -0.341 e. The summed E-state index contributed by atoms with van der Waals surface area (Å²) in [7, 11) is 2.18. The first-order chi connectivity index (χ1) is 7.66. The van der Waals surface area contributed by atoms with Gasteiger partial charge in [-0.05, 0) is 51.7 Å². The van der Waals surface area contributed by atoms with Crippen molar-refractivity contribution < 1.29 is 4.79 Å². The van der Waals surface area contributed by atoms with Gasteiger partial charge in [0.1, 0.15) is 0 Å². The van der Waals surface area contributed by atoms with Crippen LogP contribution in [-0.2, 0) is 4.79 Å². The van der Waals surface area contributed by atoms with Crippen LogP contribution in [0.2, 0.25) is 0 Å². The number of carbonyl (C=O) groups is 1. The molecule has 4 heteroatoms. The van der Waals surface area contributed by atoms with Gasteiger partial charge in [0.2, 0.25) is 5.91 Å². The van der Waals surface area contributed by atoms with Gasteiger partial charge in [0.05, 0.1) is 4.83 Å². The topological polar surface area (TPSA) is 23.6 Å². The standard InChI is InChI=1S/C12H21BrN2O/c1-14-7-4-10(5-8-14)9-15-6-2-3-11(13)12(15)16/h10-11H,2-9H2,1H3. The van der Waals surface area contributed by atoms with E-state index in [1.807, 2.05) is 0 Å². The van der Waals surface area contributed by atoms with Crippen LogP contribution < -0.4 is 0 Å². The minimum atomic E-state index is 0.0764. The second-order valence-corrected chi connectivity index (χ2v) is 6.25. The monoisotopic (exact) mass is 288 g/mol. The van der Waals surface area contributed by atoms with Gasteiger partial charge in [-0.1, -0.05) is 15.9 Å². The zero-order valence-electron chi connectivity index (χ0n) is 9.99. The number of alkyl halides is 1. The van der Waals surface area contributed by atoms with Crippen molar-refractivity contribution in [3.05, 3.63) is 0 Å². The van der Waals surface area contributed by atoms with Gasteiger partial charge in [-0.3, -0.25) is 4.79 Å². The summed E-state index contributed by atoms with van der Waals surface area (Å²) in [4.78, 5) is 16.5. The summed E-state index contributed by atoms with van der Waals surface area (Å²) in [6, 6.07) is 0. The predicted molar refractivity (Wildman–Crippen MR) is 68.8 cm³/mol. The van der Waals surface area contributed by atoms with Gasteiger partial charge in [-0.15, -0.1) is 0 Å². The molecule has 0 aromatic carbocycles. The fourth-order valence-electron chi connectivity index (χ4n) is 2.63. The maximum absolute atomic E-state index is 11.9. The van der Waals surface area contributed by atoms with Crippen molar-refractivity contribution in [2.24, 2.45) is 5.92 Å². The first kappa shape index (κ1) is 12.4. The number of carbonyl (C=O) groups excluding carboxylic acids is 1. The fraction of sp³-hybridized carbons (Fsp3) is 0.917. The molecule has 2 aliphatic heterocycles. The number of halogens is 1. The fourth-order valence-corrected chi connectivity index (χ4v) is 3.24. The second kappa shape index (κ2) is 5.50. The van der Waals surface area contributed by atoms with Crippen LogP contribution in [0, 0.1) is 5.92 Å². The van der Waals surface area contributed by atoms with Crippen molar-refractivity contribution in [2.45, 2.75) is 30.5 Å². The maximum Gasteiger partial charge on any atom is 0.236 e. The lowest BCUT2D eigenvalue weighted by atomic mass is 9.95. The third-order valence-corrected chi connectivity index (χ3v) is 4.63. The summed E-state index contributed by atoms with van der Waals surface area (Å²) in [6.07, 6.45) is 4.64. The van der Waals surface area contributed by atoms with Crippen molar-refractivity contribution in [3.8, 4) is 0 Å². The Kier molecular flexibility index (Phi) is 4.25. The highest BCUT2D eigenvalue weighted by molar-refractivity contribution is 9.10. The van der Waals surface area contributed by atoms with Gasteiger partial charge in [-0.2, -0.15) is 0 Å². The summed E-state index contributed by atoms with van der Waals surface area (Å²) in [5.41, 5.74) is 0. The van der Waals surface area contributed by atoms with Crippen molar-refractivity contribution in [1.82, 2.24) is 9.80 Å². The Morgan fingerprint density at radius 3 is 2.62 bits per heavy atom. The summed E-state index contributed by atoms with van der Waals surface area (Å²) in [6.45, 7) is 4.32. The van der Waals surface area contributed by atoms with Gasteiger partial charge >= 0.3 is 0 Å². The van der Waals surface area contributed by atoms with E-state index in [4.69, 9.17) is 0 Å². The molecule has 92 valence electrons. The van der Waals surface area contributed by atoms with Crippen LogP contribution in [0.1, 0.15) is 25.7 Å². The van der Waals surface area contributed by atoms with Crippen LogP contribution >= 0.6 is 15.9 Å². The van der Waals surface area contributed by atoms with Crippen LogP contribution in [0.5, 0.6) is 0 Å². The van der Waals surface area contributed by atoms with E-state index < -0.39 is 0 Å². The highest BCUT2D eigenvalue weighted by Gasteiger charge is 2.29. The molecule has 2 saturated heterocycles. The van der Waals surface area contributed by atoms with Gasteiger partial charge < -0.3 is 9.80 Å². The van der Waals surface area contributed by atoms with Gasteiger partial charge in [-0.25, -0.2) is 0 Å². The van der Waals surface area contributed by atoms with Crippen LogP contribution in [0.25, 0.3) is 0 Å². The maximum atomic E-state index is 11.9. The number of likely N-dealkylation sites (tertiary alicyclic amines) is 2. The Morgan fingerprint density at radius 2 is 1.94 bits per heavy atom. The molecule has 0 N–H and O–H groups in total. The summed E-state index contributed by atoms with van der Waals surface area (Å²) in [5, 5.41) is 0. The molecule has 2 heterocycles. The van der Waals surface area contributed by atoms with E-state index in [2.05, 4.69) is 32.8 Å². The molecular weight excluding hydrogens is 268 g/mol. The largest absolute Gasteiger partial charge is 0.341 e. The SMILES string of the molecule is CN1CCC(CN2CCCC(Br)C2=O)CC1. The number of hydrogen-bond acceptors (Lipinski definition) is 2. The Labute approximate surface area is 106 Å². The first-order valence-corrected chi connectivity index (χ1v) is 7.20. The molecule has 2 fully saturated rings. The number of nitrogens with zero attached hydrogens (tertiary/aromatic N) is 2. The number of hydrogen-bond donors (Lipinski definition) is 0. The quantitative estimate of drug-likeness (QED) is 0.723. The Hall–Kier alpha value is -0.0900. The van der Waals surface area contributed by atoms with Gasteiger partial charge in [0, 0.05) is 13.1 Å². The van der Waals surface area contributed by atoms with Crippen molar-refractivity contribution >= 4 is 21.8 Å². The lowest BCUT2D eigenvalue weighted by molar-refractivity contribution is -0.133. The van der Waals surface area contributed by atoms with Crippen molar-refractivity contribution in [2.75, 3.05) is 33.2 Å². The molecule has 1 amide bonds. The minimum absolute atomic E-state index is 0.0764. The number of piperidine rings is 2. The highest BCUT2D eigenvalue weighted by atomic mass is 79.9. The smallest absolute Gasteiger partial charge is 0.236 e. The highest BCUT2D eigenvalue weighted by Crippen LogP contribution is 2.23. The lowest BCUT2D eigenvalue weighted by Gasteiger charge is -2.36. The summed E-state index contributed by atoms with van der Waals surface area (Å²) in [5.74, 6) is 1.03. The Bertz CT molecular complexity index is 251. The predicted octanol–water partition coefficient (Wildman–Crippen LogP) is 1.71. The molecule has 0 bridgehead atoms. The molecule has 1 atom stereocenters. The second-order valence-electron chi connectivity index (χ2n) is 5.14. The van der Waals surface area contributed by atoms with E-state index in [0.29, 0.717) is 5.91 Å². The molecule has 3 nitrogen and oxygen atoms in total. The van der Waals surface area contributed by atoms with E-state index >= 15 is 0 Å². The third kappa shape index (κ3) is 2.98. The normalized spacial score (nSPS) is 29.8. The Morgan fingerprint density at radius 1 is 1.25 bits per heavy atom. The zero-order chi connectivity index (χ0) is 11.5. The molecule has 0 aromatic rings. The number of rotatable bonds is 2. The van der Waals surface area contributed by atoms with Crippen LogP contribution in [0.4, 0.5) is 0 Å². The van der Waals surface area contributed by atoms with Crippen LogP contribution in [0.15, 0.2) is 0 Å². The first-order valence-electron chi connectivity index (χ1n) is 6.28. The van der Waals surface area contributed by atoms with Gasteiger partial charge in [0.25, 0.3) is 0 Å². The van der Waals surface area contributed by atoms with E-state index in [9.17, 15) is 4.79 Å². The van der Waals surface area contributed by atoms with E-state index in [1.165, 1.54) is 25.9 Å². The van der Waals surface area contributed by atoms with Crippen molar-refractivity contribution in [1.29, 1.82) is 0 Å². The molecule has 0 radical (unpaired) electrons. The van der Waals surface area contributed by atoms with Crippen LogP contribution in [0.3, 0.4) is 0 Å². The molecule has 1 unspecified atom stereocenters. The Balaban J connectivity index is 1.82. The summed E-state index contributed by atoms with van der Waals surface area (Å²) < 4.78 is 0. The molecule has 2 rings (SSSR count). The molecule has 2 aliphatic rings. The van der Waals surface area contributed by atoms with E-state index in [-0.39, 0.29) is 4.83 Å². The average molecular weight is 289 g/mol. The van der Waals surface area contributed by atoms with E-state index in [0.717, 1.165) is 31.8 Å². The van der Waals surface area contributed by atoms with Crippen molar-refractivity contribution in [3.63, 3.8) is 0 Å². The molecule has 0 spiro atoms. The lowest BCUT2D eigenvalue weighted by Crippen LogP contribution is -2.45. The summed E-state index contributed by atoms with van der Waals surface area (Å²) >= 11 is 3.47. The molecule has 16 heavy (non-hydrogen) atoms. The third-order valence-electron chi connectivity index (χ3n) is 3.78. The number of amides is 1. The molecule has 0 aromatic heterocycles. The van der Waals surface area contributed by atoms with Gasteiger partial charge in [0.15, 0.2) is 0 Å². The van der Waals surface area contributed by atoms with Crippen LogP contribution in [-0.4, -0.2) is 53.8 Å².